The molecule has 0 amide bonds. The summed E-state index contributed by atoms with van der Waals surface area (Å²) in [7, 11) is 4.37. The van der Waals surface area contributed by atoms with E-state index in [-0.39, 0.29) is 17.9 Å². The monoisotopic (exact) mass is 428 g/mol. The molecule has 0 unspecified atom stereocenters. The number of ether oxygens (including phenoxy) is 1. The number of Topliss-reactive ketones (excluding diaryl/α,β-unsaturated/α-hetero) is 1. The molecule has 0 saturated heterocycles. The van der Waals surface area contributed by atoms with Crippen LogP contribution in [0.15, 0.2) is 51.4 Å². The highest BCUT2D eigenvalue weighted by molar-refractivity contribution is 7.09. The Morgan fingerprint density at radius 3 is 2.50 bits per heavy atom. The Hall–Kier alpha value is -3.17. The van der Waals surface area contributed by atoms with Gasteiger partial charge in [-0.2, -0.15) is 0 Å². The number of benzene rings is 1. The number of nitrogens with zero attached hydrogens (tertiary/aromatic N) is 3. The van der Waals surface area contributed by atoms with E-state index in [4.69, 9.17) is 10.5 Å². The molecular weight excluding hydrogens is 404 g/mol. The van der Waals surface area contributed by atoms with Gasteiger partial charge >= 0.3 is 5.69 Å². The average molecular weight is 429 g/mol. The summed E-state index contributed by atoms with van der Waals surface area (Å²) in [6, 6.07) is 11.5. The van der Waals surface area contributed by atoms with Gasteiger partial charge in [0, 0.05) is 37.6 Å². The minimum atomic E-state index is -0.686. The third-order valence-electron chi connectivity index (χ3n) is 4.90. The van der Waals surface area contributed by atoms with E-state index >= 15 is 0 Å². The predicted octanol–water partition coefficient (Wildman–Crippen LogP) is 1.62. The SMILES string of the molecule is COc1ccccc1CN(CC(=O)c1c(N)n(C)c(=O)n(C)c1=O)Cc1cccs1. The van der Waals surface area contributed by atoms with Crippen LogP contribution in [0.4, 0.5) is 5.82 Å². The first-order valence-corrected chi connectivity index (χ1v) is 10.2. The number of ketones is 1. The summed E-state index contributed by atoms with van der Waals surface area (Å²) in [6.45, 7) is 0.931. The van der Waals surface area contributed by atoms with Crippen molar-refractivity contribution in [3.05, 3.63) is 78.6 Å². The van der Waals surface area contributed by atoms with Crippen molar-refractivity contribution in [2.75, 3.05) is 19.4 Å². The average Bonchev–Trinajstić information content (AvgIpc) is 3.24. The molecule has 3 aromatic rings. The number of carbonyl (C=O) groups excluding carboxylic acids is 1. The molecule has 2 aromatic heterocycles. The molecule has 0 bridgehead atoms. The van der Waals surface area contributed by atoms with Crippen LogP contribution in [0.5, 0.6) is 5.75 Å². The first kappa shape index (κ1) is 21.5. The van der Waals surface area contributed by atoms with Gasteiger partial charge in [0.1, 0.15) is 17.1 Å². The summed E-state index contributed by atoms with van der Waals surface area (Å²) in [5.41, 5.74) is 5.45. The molecule has 0 aliphatic heterocycles. The van der Waals surface area contributed by atoms with Crippen molar-refractivity contribution in [1.29, 1.82) is 0 Å². The molecule has 0 spiro atoms. The third kappa shape index (κ3) is 4.37. The summed E-state index contributed by atoms with van der Waals surface area (Å²) in [5, 5.41) is 1.97. The standard InChI is InChI=1S/C21H24N4O4S/c1-23-19(22)18(20(27)24(2)21(23)28)16(26)13-25(12-15-8-6-10-30-15)11-14-7-4-5-9-17(14)29-3/h4-10H,11-13,22H2,1-3H3. The van der Waals surface area contributed by atoms with Gasteiger partial charge in [-0.05, 0) is 17.5 Å². The third-order valence-corrected chi connectivity index (χ3v) is 5.76. The van der Waals surface area contributed by atoms with Crippen LogP contribution >= 0.6 is 11.3 Å². The maximum Gasteiger partial charge on any atom is 0.332 e. The maximum absolute atomic E-state index is 13.1. The number of methoxy groups -OCH3 is 1. The fourth-order valence-electron chi connectivity index (χ4n) is 3.27. The van der Waals surface area contributed by atoms with Crippen LogP contribution in [0.25, 0.3) is 0 Å². The highest BCUT2D eigenvalue weighted by Crippen LogP contribution is 2.22. The topological polar surface area (TPSA) is 99.6 Å². The van der Waals surface area contributed by atoms with Crippen LogP contribution in [-0.2, 0) is 27.2 Å². The molecule has 0 saturated carbocycles. The Labute approximate surface area is 177 Å². The molecule has 3 rings (SSSR count). The zero-order valence-corrected chi connectivity index (χ0v) is 17.9. The Morgan fingerprint density at radius 2 is 1.83 bits per heavy atom. The highest BCUT2D eigenvalue weighted by atomic mass is 32.1. The number of hydrogen-bond acceptors (Lipinski definition) is 7. The smallest absolute Gasteiger partial charge is 0.332 e. The molecule has 0 fully saturated rings. The fourth-order valence-corrected chi connectivity index (χ4v) is 4.02. The molecule has 2 N–H and O–H groups in total. The number of carbonyl (C=O) groups is 1. The van der Waals surface area contributed by atoms with Crippen LogP contribution in [0, 0.1) is 0 Å². The van der Waals surface area contributed by atoms with E-state index in [1.807, 2.05) is 46.7 Å². The molecule has 0 aliphatic carbocycles. The Kier molecular flexibility index (Phi) is 6.53. The summed E-state index contributed by atoms with van der Waals surface area (Å²) >= 11 is 1.59. The van der Waals surface area contributed by atoms with E-state index in [2.05, 4.69) is 0 Å². The van der Waals surface area contributed by atoms with E-state index in [0.717, 1.165) is 25.3 Å². The van der Waals surface area contributed by atoms with E-state index in [1.54, 1.807) is 18.4 Å². The second-order valence-electron chi connectivity index (χ2n) is 6.93. The van der Waals surface area contributed by atoms with Crippen molar-refractivity contribution in [3.8, 4) is 5.75 Å². The number of aromatic nitrogens is 2. The van der Waals surface area contributed by atoms with Crippen molar-refractivity contribution < 1.29 is 9.53 Å². The second-order valence-corrected chi connectivity index (χ2v) is 7.96. The van der Waals surface area contributed by atoms with Gasteiger partial charge in [-0.25, -0.2) is 4.79 Å². The van der Waals surface area contributed by atoms with Crippen LogP contribution in [-0.4, -0.2) is 33.5 Å². The van der Waals surface area contributed by atoms with E-state index < -0.39 is 17.0 Å². The van der Waals surface area contributed by atoms with E-state index in [0.29, 0.717) is 13.1 Å². The number of hydrogen-bond donors (Lipinski definition) is 1. The van der Waals surface area contributed by atoms with Crippen LogP contribution < -0.4 is 21.7 Å². The first-order chi connectivity index (χ1) is 14.3. The number of anilines is 1. The van der Waals surface area contributed by atoms with Crippen molar-refractivity contribution >= 4 is 22.9 Å². The van der Waals surface area contributed by atoms with Gasteiger partial charge in [-0.3, -0.25) is 23.6 Å². The highest BCUT2D eigenvalue weighted by Gasteiger charge is 2.23. The predicted molar refractivity (Wildman–Crippen MR) is 117 cm³/mol. The molecule has 0 radical (unpaired) electrons. The molecule has 0 aliphatic rings. The number of nitrogens with two attached hydrogens (primary N) is 1. The molecule has 30 heavy (non-hydrogen) atoms. The molecule has 1 aromatic carbocycles. The lowest BCUT2D eigenvalue weighted by molar-refractivity contribution is 0.0918. The first-order valence-electron chi connectivity index (χ1n) is 9.28. The number of rotatable bonds is 8. The van der Waals surface area contributed by atoms with Crippen molar-refractivity contribution in [2.45, 2.75) is 13.1 Å². The van der Waals surface area contributed by atoms with Crippen LogP contribution in [0.2, 0.25) is 0 Å². The lowest BCUT2D eigenvalue weighted by Crippen LogP contribution is -2.43. The fraction of sp³-hybridized carbons (Fsp3) is 0.286. The van der Waals surface area contributed by atoms with Crippen molar-refractivity contribution in [2.24, 2.45) is 14.1 Å². The summed E-state index contributed by atoms with van der Waals surface area (Å²) in [5.74, 6) is 0.162. The quantitative estimate of drug-likeness (QED) is 0.548. The van der Waals surface area contributed by atoms with Gasteiger partial charge in [0.25, 0.3) is 5.56 Å². The lowest BCUT2D eigenvalue weighted by Gasteiger charge is -2.22. The minimum absolute atomic E-state index is 0.0341. The molecule has 158 valence electrons. The van der Waals surface area contributed by atoms with E-state index in [9.17, 15) is 14.4 Å². The van der Waals surface area contributed by atoms with Gasteiger partial charge in [-0.1, -0.05) is 24.3 Å². The molecule has 2 heterocycles. The zero-order chi connectivity index (χ0) is 21.8. The molecule has 8 nitrogen and oxygen atoms in total. The van der Waals surface area contributed by atoms with Gasteiger partial charge in [-0.15, -0.1) is 11.3 Å². The zero-order valence-electron chi connectivity index (χ0n) is 17.1. The maximum atomic E-state index is 13.1. The van der Waals surface area contributed by atoms with Gasteiger partial charge in [0.2, 0.25) is 0 Å². The van der Waals surface area contributed by atoms with Crippen molar-refractivity contribution in [1.82, 2.24) is 14.0 Å². The summed E-state index contributed by atoms with van der Waals surface area (Å²) in [4.78, 5) is 40.7. The Morgan fingerprint density at radius 1 is 1.10 bits per heavy atom. The molecule has 9 heteroatoms. The lowest BCUT2D eigenvalue weighted by atomic mass is 10.1. The Balaban J connectivity index is 1.94. The summed E-state index contributed by atoms with van der Waals surface area (Å²) in [6.07, 6.45) is 0. The normalized spacial score (nSPS) is 11.1. The molecule has 0 atom stereocenters. The van der Waals surface area contributed by atoms with Gasteiger partial charge < -0.3 is 10.5 Å². The number of thiophene rings is 1. The van der Waals surface area contributed by atoms with Gasteiger partial charge in [0.15, 0.2) is 5.78 Å². The molecular formula is C21H24N4O4S. The van der Waals surface area contributed by atoms with Crippen LogP contribution in [0.3, 0.4) is 0 Å². The van der Waals surface area contributed by atoms with E-state index in [1.165, 1.54) is 14.1 Å². The Bertz CT molecular complexity index is 1160. The van der Waals surface area contributed by atoms with Crippen LogP contribution in [0.1, 0.15) is 20.8 Å². The summed E-state index contributed by atoms with van der Waals surface area (Å²) < 4.78 is 7.44. The van der Waals surface area contributed by atoms with Crippen molar-refractivity contribution in [3.63, 3.8) is 0 Å². The largest absolute Gasteiger partial charge is 0.496 e. The van der Waals surface area contributed by atoms with Gasteiger partial charge in [0.05, 0.1) is 13.7 Å². The minimum Gasteiger partial charge on any atom is -0.496 e. The number of nitrogen functional groups attached to an aromatic ring is 1. The second kappa shape index (κ2) is 9.10. The number of para-hydroxylation sites is 1.